The van der Waals surface area contributed by atoms with Crippen molar-refractivity contribution in [3.63, 3.8) is 0 Å². The van der Waals surface area contributed by atoms with Gasteiger partial charge in [0.05, 0.1) is 12.2 Å². The van der Waals surface area contributed by atoms with Gasteiger partial charge in [-0.1, -0.05) is 45.4 Å². The zero-order chi connectivity index (χ0) is 14.8. The van der Waals surface area contributed by atoms with Crippen LogP contribution in [0.15, 0.2) is 24.3 Å². The minimum atomic E-state index is -0.752. The molecule has 0 saturated heterocycles. The highest BCUT2D eigenvalue weighted by atomic mass is 16.5. The topological polar surface area (TPSA) is 29.5 Å². The van der Waals surface area contributed by atoms with Crippen molar-refractivity contribution in [3.05, 3.63) is 29.8 Å². The summed E-state index contributed by atoms with van der Waals surface area (Å²) in [5, 5.41) is 11.5. The average Bonchev–Trinajstić information content (AvgIpc) is 2.39. The van der Waals surface area contributed by atoms with Gasteiger partial charge in [0, 0.05) is 5.56 Å². The fourth-order valence-corrected chi connectivity index (χ4v) is 3.79. The summed E-state index contributed by atoms with van der Waals surface area (Å²) in [4.78, 5) is 0. The van der Waals surface area contributed by atoms with Gasteiger partial charge in [0.2, 0.25) is 0 Å². The summed E-state index contributed by atoms with van der Waals surface area (Å²) in [6, 6.07) is 8.01. The lowest BCUT2D eigenvalue weighted by atomic mass is 9.64. The third-order valence-corrected chi connectivity index (χ3v) is 4.70. The third-order valence-electron chi connectivity index (χ3n) is 4.70. The Balaban J connectivity index is 2.44. The van der Waals surface area contributed by atoms with Gasteiger partial charge in [0.25, 0.3) is 0 Å². The number of rotatable bonds is 4. The Morgan fingerprint density at radius 1 is 1.30 bits per heavy atom. The fourth-order valence-electron chi connectivity index (χ4n) is 3.79. The van der Waals surface area contributed by atoms with Crippen LogP contribution in [0.1, 0.15) is 52.5 Å². The van der Waals surface area contributed by atoms with Gasteiger partial charge in [-0.05, 0) is 43.6 Å². The highest BCUT2D eigenvalue weighted by Gasteiger charge is 2.45. The zero-order valence-corrected chi connectivity index (χ0v) is 13.2. The van der Waals surface area contributed by atoms with E-state index in [9.17, 15) is 5.11 Å². The van der Waals surface area contributed by atoms with Crippen molar-refractivity contribution in [3.8, 4) is 5.75 Å². The van der Waals surface area contributed by atoms with E-state index in [1.807, 2.05) is 31.2 Å². The summed E-state index contributed by atoms with van der Waals surface area (Å²) in [7, 11) is 0. The third kappa shape index (κ3) is 2.85. The summed E-state index contributed by atoms with van der Waals surface area (Å²) in [6.45, 7) is 9.30. The van der Waals surface area contributed by atoms with Crippen molar-refractivity contribution in [2.24, 2.45) is 17.8 Å². The predicted molar refractivity (Wildman–Crippen MR) is 82.9 cm³/mol. The molecule has 0 bridgehead atoms. The maximum atomic E-state index is 11.5. The second kappa shape index (κ2) is 6.17. The van der Waals surface area contributed by atoms with Gasteiger partial charge >= 0.3 is 0 Å². The maximum absolute atomic E-state index is 11.5. The molecule has 1 aliphatic rings. The van der Waals surface area contributed by atoms with Crippen molar-refractivity contribution in [2.45, 2.75) is 52.6 Å². The van der Waals surface area contributed by atoms with Gasteiger partial charge in [0.1, 0.15) is 5.75 Å². The van der Waals surface area contributed by atoms with Crippen LogP contribution in [0.2, 0.25) is 0 Å². The van der Waals surface area contributed by atoms with Gasteiger partial charge in [0.15, 0.2) is 0 Å². The minimum absolute atomic E-state index is 0.306. The molecule has 0 spiro atoms. The van der Waals surface area contributed by atoms with E-state index in [0.29, 0.717) is 24.4 Å². The second-order valence-electron chi connectivity index (χ2n) is 6.59. The molecule has 0 aliphatic heterocycles. The van der Waals surface area contributed by atoms with Crippen LogP contribution in [0.5, 0.6) is 5.75 Å². The number of ether oxygens (including phenoxy) is 1. The number of aliphatic hydroxyl groups is 1. The Kier molecular flexibility index (Phi) is 4.74. The summed E-state index contributed by atoms with van der Waals surface area (Å²) in [5.74, 6) is 2.18. The largest absolute Gasteiger partial charge is 0.493 e. The SMILES string of the molecule is CCOc1ccccc1C1(O)CC(C)CCC1C(C)C. The van der Waals surface area contributed by atoms with E-state index < -0.39 is 5.60 Å². The van der Waals surface area contributed by atoms with Crippen LogP contribution in [0, 0.1) is 17.8 Å². The van der Waals surface area contributed by atoms with Crippen molar-refractivity contribution in [1.82, 2.24) is 0 Å². The molecule has 1 aliphatic carbocycles. The number of hydrogen-bond donors (Lipinski definition) is 1. The molecule has 1 saturated carbocycles. The molecule has 0 amide bonds. The molecule has 1 fully saturated rings. The van der Waals surface area contributed by atoms with E-state index in [1.54, 1.807) is 0 Å². The molecule has 20 heavy (non-hydrogen) atoms. The van der Waals surface area contributed by atoms with Crippen LogP contribution < -0.4 is 4.74 Å². The van der Waals surface area contributed by atoms with E-state index in [4.69, 9.17) is 4.74 Å². The minimum Gasteiger partial charge on any atom is -0.493 e. The van der Waals surface area contributed by atoms with Crippen molar-refractivity contribution in [2.75, 3.05) is 6.61 Å². The molecule has 3 atom stereocenters. The molecule has 3 unspecified atom stereocenters. The smallest absolute Gasteiger partial charge is 0.125 e. The Labute approximate surface area is 123 Å². The Hall–Kier alpha value is -1.02. The molecule has 1 aromatic carbocycles. The standard InChI is InChI=1S/C18H28O2/c1-5-20-17-9-7-6-8-16(17)18(19)12-14(4)10-11-15(18)13(2)3/h6-9,13-15,19H,5,10-12H2,1-4H3. The highest BCUT2D eigenvalue weighted by molar-refractivity contribution is 5.39. The first kappa shape index (κ1) is 15.4. The maximum Gasteiger partial charge on any atom is 0.125 e. The van der Waals surface area contributed by atoms with E-state index in [2.05, 4.69) is 20.8 Å². The van der Waals surface area contributed by atoms with Gasteiger partial charge in [-0.25, -0.2) is 0 Å². The molecule has 0 radical (unpaired) electrons. The van der Waals surface area contributed by atoms with Gasteiger partial charge in [-0.3, -0.25) is 0 Å². The zero-order valence-electron chi connectivity index (χ0n) is 13.2. The van der Waals surface area contributed by atoms with Crippen LogP contribution in [0.3, 0.4) is 0 Å². The first-order valence-electron chi connectivity index (χ1n) is 7.93. The van der Waals surface area contributed by atoms with E-state index in [-0.39, 0.29) is 0 Å². The molecular weight excluding hydrogens is 248 g/mol. The lowest BCUT2D eigenvalue weighted by Gasteiger charge is -2.45. The molecule has 2 heteroatoms. The molecular formula is C18H28O2. The quantitative estimate of drug-likeness (QED) is 0.885. The van der Waals surface area contributed by atoms with Gasteiger partial charge in [-0.15, -0.1) is 0 Å². The Bertz CT molecular complexity index is 441. The van der Waals surface area contributed by atoms with Crippen molar-refractivity contribution in [1.29, 1.82) is 0 Å². The lowest BCUT2D eigenvalue weighted by molar-refractivity contribution is -0.0879. The normalized spacial score (nSPS) is 30.5. The van der Waals surface area contributed by atoms with Crippen molar-refractivity contribution >= 4 is 0 Å². The first-order valence-corrected chi connectivity index (χ1v) is 7.93. The van der Waals surface area contributed by atoms with Crippen molar-refractivity contribution < 1.29 is 9.84 Å². The predicted octanol–water partition coefficient (Wildman–Crippen LogP) is 4.37. The molecule has 0 aromatic heterocycles. The molecule has 1 aromatic rings. The summed E-state index contributed by atoms with van der Waals surface area (Å²) in [6.07, 6.45) is 3.14. The molecule has 0 heterocycles. The summed E-state index contributed by atoms with van der Waals surface area (Å²) >= 11 is 0. The highest BCUT2D eigenvalue weighted by Crippen LogP contribution is 2.49. The monoisotopic (exact) mass is 276 g/mol. The second-order valence-corrected chi connectivity index (χ2v) is 6.59. The summed E-state index contributed by atoms with van der Waals surface area (Å²) < 4.78 is 5.76. The molecule has 1 N–H and O–H groups in total. The first-order chi connectivity index (χ1) is 9.49. The number of benzene rings is 1. The van der Waals surface area contributed by atoms with Gasteiger partial charge < -0.3 is 9.84 Å². The van der Waals surface area contributed by atoms with Gasteiger partial charge in [-0.2, -0.15) is 0 Å². The fraction of sp³-hybridized carbons (Fsp3) is 0.667. The number of hydrogen-bond acceptors (Lipinski definition) is 2. The lowest BCUT2D eigenvalue weighted by Crippen LogP contribution is -2.43. The Morgan fingerprint density at radius 2 is 2.00 bits per heavy atom. The van der Waals surface area contributed by atoms with Crippen LogP contribution in [0.4, 0.5) is 0 Å². The Morgan fingerprint density at radius 3 is 2.65 bits per heavy atom. The summed E-state index contributed by atoms with van der Waals surface area (Å²) in [5.41, 5.74) is 0.226. The van der Waals surface area contributed by atoms with E-state index in [0.717, 1.165) is 24.2 Å². The van der Waals surface area contributed by atoms with E-state index in [1.165, 1.54) is 6.42 Å². The van der Waals surface area contributed by atoms with Crippen LogP contribution >= 0.6 is 0 Å². The molecule has 112 valence electrons. The van der Waals surface area contributed by atoms with E-state index >= 15 is 0 Å². The molecule has 2 rings (SSSR count). The van der Waals surface area contributed by atoms with Crippen LogP contribution in [-0.4, -0.2) is 11.7 Å². The molecule has 2 nitrogen and oxygen atoms in total. The van der Waals surface area contributed by atoms with Crippen LogP contribution in [-0.2, 0) is 5.60 Å². The number of para-hydroxylation sites is 1. The average molecular weight is 276 g/mol. The van der Waals surface area contributed by atoms with Crippen LogP contribution in [0.25, 0.3) is 0 Å².